The molecule has 308 valence electrons. The lowest BCUT2D eigenvalue weighted by atomic mass is 10.00. The monoisotopic (exact) mass is 836 g/mol. The molecule has 2 aromatic carbocycles. The Kier molecular flexibility index (Phi) is 11.8. The number of morpholine rings is 2. The Labute approximate surface area is 349 Å². The predicted molar refractivity (Wildman–Crippen MR) is 227 cm³/mol. The first-order valence-corrected chi connectivity index (χ1v) is 19.9. The van der Waals surface area contributed by atoms with Crippen LogP contribution in [0.1, 0.15) is 22.5 Å². The first-order chi connectivity index (χ1) is 29.0. The highest BCUT2D eigenvalue weighted by molar-refractivity contribution is 6.36. The van der Waals surface area contributed by atoms with Gasteiger partial charge in [-0.2, -0.15) is 0 Å². The van der Waals surface area contributed by atoms with E-state index in [4.69, 9.17) is 31.0 Å². The lowest BCUT2D eigenvalue weighted by Crippen LogP contribution is -2.38. The number of hydrogen-bond acceptors (Lipinski definition) is 10. The fourth-order valence-electron chi connectivity index (χ4n) is 7.61. The zero-order valence-corrected chi connectivity index (χ0v) is 34.2. The van der Waals surface area contributed by atoms with E-state index >= 15 is 4.39 Å². The molecule has 9 rings (SSSR count). The standard InChI is InChI=1S/C29H30F2N6O2.C16H11ClF2N2/c1-18-27(22-4-3-5-32-19(22)2)34-24-15-20(30)14-23(31)26(24)28(18)35-25-16-21(36-6-10-38-11-7-36)17-33-29(25)37-8-12-39-13-9-37;1-8-15(17)14-12(19)6-10(18)7-13(14)21-16(8)11-4-3-5-20-9(11)2/h3-5,14-17H,6-13H2,1-2H3,(H,34,35);3-7H,1-2H3. The van der Waals surface area contributed by atoms with E-state index in [9.17, 15) is 13.2 Å². The van der Waals surface area contributed by atoms with Gasteiger partial charge < -0.3 is 24.6 Å². The normalized spacial score (nSPS) is 14.3. The van der Waals surface area contributed by atoms with Crippen molar-refractivity contribution in [3.63, 3.8) is 0 Å². The van der Waals surface area contributed by atoms with Crippen LogP contribution in [-0.4, -0.2) is 77.5 Å². The average Bonchev–Trinajstić information content (AvgIpc) is 3.24. The van der Waals surface area contributed by atoms with Crippen LogP contribution in [0.25, 0.3) is 44.3 Å². The molecule has 0 atom stereocenters. The van der Waals surface area contributed by atoms with Crippen molar-refractivity contribution in [1.29, 1.82) is 0 Å². The smallest absolute Gasteiger partial charge is 0.152 e. The Balaban J connectivity index is 0.000000200. The molecule has 10 nitrogen and oxygen atoms in total. The number of pyridine rings is 5. The molecule has 2 aliphatic heterocycles. The number of anilines is 4. The van der Waals surface area contributed by atoms with Crippen LogP contribution in [0.15, 0.2) is 73.2 Å². The number of ether oxygens (including phenoxy) is 2. The molecule has 5 aromatic heterocycles. The first-order valence-electron chi connectivity index (χ1n) is 19.5. The summed E-state index contributed by atoms with van der Waals surface area (Å²) in [4.78, 5) is 27.0. The van der Waals surface area contributed by atoms with Crippen LogP contribution in [0.2, 0.25) is 5.02 Å². The summed E-state index contributed by atoms with van der Waals surface area (Å²) in [5.74, 6) is -1.99. The molecule has 2 fully saturated rings. The molecule has 0 unspecified atom stereocenters. The molecule has 60 heavy (non-hydrogen) atoms. The van der Waals surface area contributed by atoms with Crippen molar-refractivity contribution < 1.29 is 27.0 Å². The molecular weight excluding hydrogens is 796 g/mol. The summed E-state index contributed by atoms with van der Waals surface area (Å²) in [7, 11) is 0. The molecule has 7 aromatic rings. The average molecular weight is 837 g/mol. The predicted octanol–water partition coefficient (Wildman–Crippen LogP) is 9.85. The molecule has 0 saturated carbocycles. The van der Waals surface area contributed by atoms with Gasteiger partial charge >= 0.3 is 0 Å². The van der Waals surface area contributed by atoms with Crippen molar-refractivity contribution in [2.45, 2.75) is 27.7 Å². The molecule has 0 bridgehead atoms. The maximum absolute atomic E-state index is 15.4. The van der Waals surface area contributed by atoms with Gasteiger partial charge in [0.1, 0.15) is 23.3 Å². The fraction of sp³-hybridized carbons (Fsp3) is 0.267. The second-order valence-corrected chi connectivity index (χ2v) is 15.0. The number of fused-ring (bicyclic) bond motifs is 2. The lowest BCUT2D eigenvalue weighted by Gasteiger charge is -2.32. The maximum Gasteiger partial charge on any atom is 0.152 e. The minimum Gasteiger partial charge on any atom is -0.378 e. The highest BCUT2D eigenvalue weighted by Gasteiger charge is 2.24. The van der Waals surface area contributed by atoms with Crippen LogP contribution in [0, 0.1) is 51.0 Å². The Bertz CT molecular complexity index is 2750. The second kappa shape index (κ2) is 17.3. The number of hydrogen-bond donors (Lipinski definition) is 1. The van der Waals surface area contributed by atoms with Gasteiger partial charge in [0, 0.05) is 85.4 Å². The van der Waals surface area contributed by atoms with E-state index in [1.807, 2.05) is 51.2 Å². The molecule has 0 amide bonds. The van der Waals surface area contributed by atoms with Crippen molar-refractivity contribution in [3.8, 4) is 22.5 Å². The SMILES string of the molecule is Cc1ncccc1-c1nc2cc(F)cc(F)c2c(Cl)c1C.Cc1ncccc1-c1nc2cc(F)cc(F)c2c(Nc2cc(N3CCOCC3)cnc2N2CCOCC2)c1C. The van der Waals surface area contributed by atoms with Crippen LogP contribution < -0.4 is 15.1 Å². The summed E-state index contributed by atoms with van der Waals surface area (Å²) >= 11 is 6.27. The number of aryl methyl sites for hydroxylation is 2. The molecule has 2 aliphatic rings. The van der Waals surface area contributed by atoms with E-state index in [0.29, 0.717) is 62.2 Å². The number of nitrogens with zero attached hydrogens (tertiary/aromatic N) is 7. The zero-order chi connectivity index (χ0) is 42.1. The summed E-state index contributed by atoms with van der Waals surface area (Å²) in [5, 5.41) is 4.14. The second-order valence-electron chi connectivity index (χ2n) is 14.6. The van der Waals surface area contributed by atoms with Crippen molar-refractivity contribution in [3.05, 3.63) is 124 Å². The van der Waals surface area contributed by atoms with Gasteiger partial charge in [0.2, 0.25) is 0 Å². The summed E-state index contributed by atoms with van der Waals surface area (Å²) in [5.41, 5.74) is 8.35. The summed E-state index contributed by atoms with van der Waals surface area (Å²) < 4.78 is 68.2. The van der Waals surface area contributed by atoms with Gasteiger partial charge in [-0.25, -0.2) is 32.5 Å². The van der Waals surface area contributed by atoms with Gasteiger partial charge in [0.15, 0.2) is 5.82 Å². The summed E-state index contributed by atoms with van der Waals surface area (Å²) in [6.45, 7) is 12.8. The number of aromatic nitrogens is 5. The van der Waals surface area contributed by atoms with Crippen molar-refractivity contribution in [1.82, 2.24) is 24.9 Å². The number of rotatable bonds is 6. The molecule has 15 heteroatoms. The third-order valence-corrected chi connectivity index (χ3v) is 11.2. The maximum atomic E-state index is 15.4. The van der Waals surface area contributed by atoms with Crippen LogP contribution >= 0.6 is 11.6 Å². The lowest BCUT2D eigenvalue weighted by molar-refractivity contribution is 0.122. The van der Waals surface area contributed by atoms with Crippen LogP contribution in [-0.2, 0) is 9.47 Å². The summed E-state index contributed by atoms with van der Waals surface area (Å²) in [6, 6.07) is 13.6. The highest BCUT2D eigenvalue weighted by atomic mass is 35.5. The minimum absolute atomic E-state index is 0.140. The van der Waals surface area contributed by atoms with Gasteiger partial charge in [0.25, 0.3) is 0 Å². The van der Waals surface area contributed by atoms with Gasteiger partial charge in [-0.05, 0) is 69.2 Å². The highest BCUT2D eigenvalue weighted by Crippen LogP contribution is 2.41. The minimum atomic E-state index is -0.708. The Hall–Kier alpha value is -5.96. The molecule has 0 radical (unpaired) electrons. The summed E-state index contributed by atoms with van der Waals surface area (Å²) in [6.07, 6.45) is 5.26. The van der Waals surface area contributed by atoms with Gasteiger partial charge in [-0.15, -0.1) is 0 Å². The molecule has 7 heterocycles. The fourth-order valence-corrected chi connectivity index (χ4v) is 7.89. The van der Waals surface area contributed by atoms with E-state index < -0.39 is 23.3 Å². The molecule has 2 saturated heterocycles. The third kappa shape index (κ3) is 8.14. The topological polar surface area (TPSA) is 101 Å². The van der Waals surface area contributed by atoms with Crippen molar-refractivity contribution >= 4 is 56.3 Å². The van der Waals surface area contributed by atoms with E-state index in [1.165, 1.54) is 12.1 Å². The Morgan fingerprint density at radius 1 is 0.633 bits per heavy atom. The van der Waals surface area contributed by atoms with Crippen molar-refractivity contribution in [2.24, 2.45) is 0 Å². The molecular formula is C45H41ClF4N8O2. The van der Waals surface area contributed by atoms with Crippen LogP contribution in [0.4, 0.5) is 40.4 Å². The molecule has 0 aliphatic carbocycles. The van der Waals surface area contributed by atoms with E-state index in [-0.39, 0.29) is 26.8 Å². The first kappa shape index (κ1) is 40.8. The number of nitrogens with one attached hydrogen (secondary N) is 1. The van der Waals surface area contributed by atoms with Gasteiger partial charge in [0.05, 0.1) is 87.9 Å². The number of benzene rings is 2. The molecule has 0 spiro atoms. The largest absolute Gasteiger partial charge is 0.378 e. The van der Waals surface area contributed by atoms with Gasteiger partial charge in [-0.1, -0.05) is 11.6 Å². The number of halogens is 5. The van der Waals surface area contributed by atoms with E-state index in [0.717, 1.165) is 70.5 Å². The van der Waals surface area contributed by atoms with Crippen LogP contribution in [0.3, 0.4) is 0 Å². The third-order valence-electron chi connectivity index (χ3n) is 10.7. The Morgan fingerprint density at radius 3 is 1.72 bits per heavy atom. The van der Waals surface area contributed by atoms with Crippen molar-refractivity contribution in [2.75, 3.05) is 67.7 Å². The van der Waals surface area contributed by atoms with Gasteiger partial charge in [-0.3, -0.25) is 9.97 Å². The van der Waals surface area contributed by atoms with E-state index in [1.54, 1.807) is 25.4 Å². The Morgan fingerprint density at radius 2 is 1.15 bits per heavy atom. The van der Waals surface area contributed by atoms with E-state index in [2.05, 4.69) is 30.1 Å². The zero-order valence-electron chi connectivity index (χ0n) is 33.4. The quantitative estimate of drug-likeness (QED) is 0.163. The molecule has 1 N–H and O–H groups in total. The van der Waals surface area contributed by atoms with Crippen LogP contribution in [0.5, 0.6) is 0 Å².